The summed E-state index contributed by atoms with van der Waals surface area (Å²) in [5.41, 5.74) is 7.52. The van der Waals surface area contributed by atoms with Crippen LogP contribution in [0.25, 0.3) is 0 Å². The minimum Gasteiger partial charge on any atom is -0.493 e. The van der Waals surface area contributed by atoms with Crippen molar-refractivity contribution in [3.8, 4) is 5.75 Å². The summed E-state index contributed by atoms with van der Waals surface area (Å²) in [6.07, 6.45) is 1.85. The number of ether oxygens (including phenoxy) is 1. The van der Waals surface area contributed by atoms with Crippen molar-refractivity contribution in [1.82, 2.24) is 0 Å². The fourth-order valence-electron chi connectivity index (χ4n) is 1.99. The number of nitrogens with two attached hydrogens (primary N) is 1. The number of nitrogens with zero attached hydrogens (tertiary/aromatic N) is 1. The van der Waals surface area contributed by atoms with Crippen LogP contribution in [-0.4, -0.2) is 17.6 Å². The van der Waals surface area contributed by atoms with Gasteiger partial charge in [-0.25, -0.2) is 0 Å². The van der Waals surface area contributed by atoms with Gasteiger partial charge < -0.3 is 15.7 Å². The second kappa shape index (κ2) is 7.69. The monoisotopic (exact) mass is 348 g/mol. The van der Waals surface area contributed by atoms with Gasteiger partial charge in [-0.15, -0.1) is 0 Å². The Balaban J connectivity index is 1.94. The van der Waals surface area contributed by atoms with Crippen LogP contribution in [0, 0.1) is 0 Å². The van der Waals surface area contributed by atoms with Gasteiger partial charge in [0.05, 0.1) is 12.2 Å². The zero-order chi connectivity index (χ0) is 15.1. The van der Waals surface area contributed by atoms with E-state index in [-0.39, 0.29) is 5.84 Å². The van der Waals surface area contributed by atoms with Gasteiger partial charge >= 0.3 is 0 Å². The minimum absolute atomic E-state index is 0.0364. The highest BCUT2D eigenvalue weighted by Gasteiger charge is 2.09. The molecule has 110 valence electrons. The van der Waals surface area contributed by atoms with E-state index >= 15 is 0 Å². The zero-order valence-corrected chi connectivity index (χ0v) is 13.1. The van der Waals surface area contributed by atoms with E-state index in [2.05, 4.69) is 33.2 Å². The predicted molar refractivity (Wildman–Crippen MR) is 86.9 cm³/mol. The Hall–Kier alpha value is -2.01. The lowest BCUT2D eigenvalue weighted by Crippen LogP contribution is -2.15. The van der Waals surface area contributed by atoms with Crippen LogP contribution in [0.2, 0.25) is 0 Å². The van der Waals surface area contributed by atoms with Gasteiger partial charge in [0, 0.05) is 4.47 Å². The van der Waals surface area contributed by atoms with Gasteiger partial charge in [0.15, 0.2) is 5.84 Å². The Labute approximate surface area is 132 Å². The van der Waals surface area contributed by atoms with Gasteiger partial charge in [-0.05, 0) is 36.6 Å². The Kier molecular flexibility index (Phi) is 5.63. The fraction of sp³-hybridized carbons (Fsp3) is 0.188. The van der Waals surface area contributed by atoms with Crippen LogP contribution in [0.3, 0.4) is 0 Å². The number of hydrogen-bond acceptors (Lipinski definition) is 3. The Morgan fingerprint density at radius 2 is 1.95 bits per heavy atom. The van der Waals surface area contributed by atoms with Gasteiger partial charge in [-0.1, -0.05) is 51.4 Å². The van der Waals surface area contributed by atoms with Crippen molar-refractivity contribution in [1.29, 1.82) is 0 Å². The summed E-state index contributed by atoms with van der Waals surface area (Å²) in [4.78, 5) is 0. The summed E-state index contributed by atoms with van der Waals surface area (Å²) in [6.45, 7) is 0.572. The number of oxime groups is 1. The summed E-state index contributed by atoms with van der Waals surface area (Å²) < 4.78 is 6.59. The average molecular weight is 349 g/mol. The molecule has 0 unspecified atom stereocenters. The lowest BCUT2D eigenvalue weighted by molar-refractivity contribution is 0.307. The molecule has 0 heterocycles. The van der Waals surface area contributed by atoms with Gasteiger partial charge in [-0.3, -0.25) is 0 Å². The smallest absolute Gasteiger partial charge is 0.173 e. The maximum Gasteiger partial charge on any atom is 0.173 e. The van der Waals surface area contributed by atoms with Crippen LogP contribution in [0.15, 0.2) is 58.2 Å². The van der Waals surface area contributed by atoms with Crippen LogP contribution in [0.4, 0.5) is 0 Å². The number of halogens is 1. The van der Waals surface area contributed by atoms with Crippen LogP contribution >= 0.6 is 15.9 Å². The standard InChI is InChI=1S/C16H17BrN2O2/c17-13-8-9-15(14(11-13)16(18)19-20)21-10-4-7-12-5-2-1-3-6-12/h1-3,5-6,8-9,11,20H,4,7,10H2,(H2,18,19). The van der Waals surface area contributed by atoms with Crippen molar-refractivity contribution >= 4 is 21.8 Å². The van der Waals surface area contributed by atoms with Crippen molar-refractivity contribution in [2.75, 3.05) is 6.61 Å². The van der Waals surface area contributed by atoms with Crippen molar-refractivity contribution < 1.29 is 9.94 Å². The maximum atomic E-state index is 8.82. The molecule has 0 saturated carbocycles. The van der Waals surface area contributed by atoms with Crippen molar-refractivity contribution in [2.45, 2.75) is 12.8 Å². The molecule has 5 heteroatoms. The summed E-state index contributed by atoms with van der Waals surface area (Å²) in [7, 11) is 0. The molecule has 0 fully saturated rings. The van der Waals surface area contributed by atoms with Gasteiger partial charge in [-0.2, -0.15) is 0 Å². The first-order valence-electron chi connectivity index (χ1n) is 6.65. The normalized spacial score (nSPS) is 11.4. The molecular weight excluding hydrogens is 332 g/mol. The molecule has 0 spiro atoms. The predicted octanol–water partition coefficient (Wildman–Crippen LogP) is 3.56. The first kappa shape index (κ1) is 15.4. The van der Waals surface area contributed by atoms with E-state index in [9.17, 15) is 0 Å². The third kappa shape index (κ3) is 4.49. The number of benzene rings is 2. The molecule has 0 saturated heterocycles. The molecule has 0 aliphatic heterocycles. The minimum atomic E-state index is 0.0364. The highest BCUT2D eigenvalue weighted by Crippen LogP contribution is 2.23. The number of amidine groups is 1. The molecule has 0 amide bonds. The quantitative estimate of drug-likeness (QED) is 0.276. The second-order valence-corrected chi connectivity index (χ2v) is 5.48. The zero-order valence-electron chi connectivity index (χ0n) is 11.5. The lowest BCUT2D eigenvalue weighted by Gasteiger charge is -2.11. The Morgan fingerprint density at radius 3 is 2.67 bits per heavy atom. The first-order valence-corrected chi connectivity index (χ1v) is 7.44. The third-order valence-corrected chi connectivity index (χ3v) is 3.53. The molecule has 2 rings (SSSR count). The van der Waals surface area contributed by atoms with E-state index in [1.807, 2.05) is 24.3 Å². The van der Waals surface area contributed by atoms with E-state index in [1.54, 1.807) is 12.1 Å². The Morgan fingerprint density at radius 1 is 1.19 bits per heavy atom. The molecule has 0 atom stereocenters. The van der Waals surface area contributed by atoms with Crippen LogP contribution in [0.5, 0.6) is 5.75 Å². The highest BCUT2D eigenvalue weighted by molar-refractivity contribution is 9.10. The second-order valence-electron chi connectivity index (χ2n) is 4.56. The molecule has 0 aliphatic rings. The lowest BCUT2D eigenvalue weighted by atomic mass is 10.1. The molecule has 0 radical (unpaired) electrons. The van der Waals surface area contributed by atoms with Crippen LogP contribution in [-0.2, 0) is 6.42 Å². The van der Waals surface area contributed by atoms with E-state index in [0.29, 0.717) is 17.9 Å². The maximum absolute atomic E-state index is 8.82. The van der Waals surface area contributed by atoms with E-state index in [1.165, 1.54) is 5.56 Å². The summed E-state index contributed by atoms with van der Waals surface area (Å²) in [5.74, 6) is 0.649. The SMILES string of the molecule is N/C(=N/O)c1cc(Br)ccc1OCCCc1ccccc1. The molecule has 2 aromatic rings. The fourth-order valence-corrected chi connectivity index (χ4v) is 2.35. The average Bonchev–Trinajstić information content (AvgIpc) is 2.53. The van der Waals surface area contributed by atoms with Gasteiger partial charge in [0.25, 0.3) is 0 Å². The molecule has 0 aromatic heterocycles. The topological polar surface area (TPSA) is 67.8 Å². The summed E-state index contributed by atoms with van der Waals surface area (Å²) in [6, 6.07) is 15.7. The molecule has 0 bridgehead atoms. The molecular formula is C16H17BrN2O2. The molecule has 0 aliphatic carbocycles. The number of aryl methyl sites for hydroxylation is 1. The van der Waals surface area contributed by atoms with Crippen LogP contribution < -0.4 is 10.5 Å². The number of hydrogen-bond donors (Lipinski definition) is 2. The van der Waals surface area contributed by atoms with Gasteiger partial charge in [0.2, 0.25) is 0 Å². The van der Waals surface area contributed by atoms with Crippen molar-refractivity contribution in [3.63, 3.8) is 0 Å². The third-order valence-electron chi connectivity index (χ3n) is 3.04. The van der Waals surface area contributed by atoms with E-state index < -0.39 is 0 Å². The van der Waals surface area contributed by atoms with Crippen molar-refractivity contribution in [3.05, 3.63) is 64.1 Å². The van der Waals surface area contributed by atoms with Crippen molar-refractivity contribution in [2.24, 2.45) is 10.9 Å². The van der Waals surface area contributed by atoms with E-state index in [0.717, 1.165) is 17.3 Å². The number of rotatable bonds is 6. The summed E-state index contributed by atoms with van der Waals surface area (Å²) >= 11 is 3.36. The van der Waals surface area contributed by atoms with Gasteiger partial charge in [0.1, 0.15) is 5.75 Å². The molecule has 3 N–H and O–H groups in total. The first-order chi connectivity index (χ1) is 10.2. The Bertz CT molecular complexity index is 615. The largest absolute Gasteiger partial charge is 0.493 e. The molecule has 2 aromatic carbocycles. The van der Waals surface area contributed by atoms with Crippen LogP contribution in [0.1, 0.15) is 17.5 Å². The molecule has 4 nitrogen and oxygen atoms in total. The highest BCUT2D eigenvalue weighted by atomic mass is 79.9. The van der Waals surface area contributed by atoms with E-state index in [4.69, 9.17) is 15.7 Å². The molecule has 21 heavy (non-hydrogen) atoms. The summed E-state index contributed by atoms with van der Waals surface area (Å²) in [5, 5.41) is 11.8.